The second kappa shape index (κ2) is 5.16. The van der Waals surface area contributed by atoms with E-state index >= 15 is 0 Å². The number of rotatable bonds is 4. The van der Waals surface area contributed by atoms with Crippen LogP contribution in [0.4, 0.5) is 5.82 Å². The highest BCUT2D eigenvalue weighted by molar-refractivity contribution is 9.10. The maximum absolute atomic E-state index is 4.78. The Kier molecular flexibility index (Phi) is 3.95. The van der Waals surface area contributed by atoms with Gasteiger partial charge < -0.3 is 5.32 Å². The van der Waals surface area contributed by atoms with E-state index in [-0.39, 0.29) is 5.41 Å². The van der Waals surface area contributed by atoms with Gasteiger partial charge in [0.1, 0.15) is 11.6 Å². The van der Waals surface area contributed by atoms with Crippen molar-refractivity contribution in [3.05, 3.63) is 16.0 Å². The molecule has 3 nitrogen and oxygen atoms in total. The average molecular weight is 312 g/mol. The SMILES string of the molecule is CCCNc1nc(C2CC2)nc(C(C)(C)C)c1Br. The van der Waals surface area contributed by atoms with Gasteiger partial charge in [0, 0.05) is 17.9 Å². The van der Waals surface area contributed by atoms with Crippen LogP contribution in [0.1, 0.15) is 64.4 Å². The first-order valence-electron chi connectivity index (χ1n) is 6.75. The van der Waals surface area contributed by atoms with Crippen molar-refractivity contribution in [3.63, 3.8) is 0 Å². The first-order valence-corrected chi connectivity index (χ1v) is 7.54. The van der Waals surface area contributed by atoms with Crippen LogP contribution in [0.3, 0.4) is 0 Å². The molecule has 1 aliphatic carbocycles. The predicted octanol–water partition coefficient (Wildman–Crippen LogP) is 4.24. The molecule has 4 heteroatoms. The summed E-state index contributed by atoms with van der Waals surface area (Å²) in [6, 6.07) is 0. The van der Waals surface area contributed by atoms with Gasteiger partial charge in [-0.15, -0.1) is 0 Å². The average Bonchev–Trinajstić information content (AvgIpc) is 3.10. The molecular weight excluding hydrogens is 290 g/mol. The van der Waals surface area contributed by atoms with E-state index < -0.39 is 0 Å². The topological polar surface area (TPSA) is 37.8 Å². The Bertz CT molecular complexity index is 433. The zero-order valence-electron chi connectivity index (χ0n) is 11.7. The normalized spacial score (nSPS) is 15.8. The molecule has 0 amide bonds. The maximum atomic E-state index is 4.78. The molecule has 0 bridgehead atoms. The number of nitrogens with zero attached hydrogens (tertiary/aromatic N) is 2. The van der Waals surface area contributed by atoms with E-state index in [4.69, 9.17) is 4.98 Å². The number of hydrogen-bond acceptors (Lipinski definition) is 3. The minimum atomic E-state index is 0.0358. The van der Waals surface area contributed by atoms with Gasteiger partial charge in [-0.25, -0.2) is 9.97 Å². The number of hydrogen-bond donors (Lipinski definition) is 1. The standard InChI is InChI=1S/C14H22BrN3/c1-5-8-16-13-10(15)11(14(2,3)4)17-12(18-13)9-6-7-9/h9H,5-8H2,1-4H3,(H,16,17,18). The minimum Gasteiger partial charge on any atom is -0.369 e. The van der Waals surface area contributed by atoms with Gasteiger partial charge in [-0.3, -0.25) is 0 Å². The molecular formula is C14H22BrN3. The Hall–Kier alpha value is -0.640. The lowest BCUT2D eigenvalue weighted by Gasteiger charge is -2.22. The van der Waals surface area contributed by atoms with Gasteiger partial charge in [0.25, 0.3) is 0 Å². The van der Waals surface area contributed by atoms with Gasteiger partial charge in [0.05, 0.1) is 10.2 Å². The van der Waals surface area contributed by atoms with Crippen molar-refractivity contribution in [2.75, 3.05) is 11.9 Å². The Morgan fingerprint density at radius 3 is 2.44 bits per heavy atom. The number of aromatic nitrogens is 2. The number of halogens is 1. The lowest BCUT2D eigenvalue weighted by atomic mass is 9.91. The fourth-order valence-corrected chi connectivity index (χ4v) is 2.76. The molecule has 0 aromatic carbocycles. The number of nitrogens with one attached hydrogen (secondary N) is 1. The van der Waals surface area contributed by atoms with Gasteiger partial charge in [-0.05, 0) is 35.2 Å². The number of anilines is 1. The Labute approximate surface area is 118 Å². The Morgan fingerprint density at radius 2 is 1.94 bits per heavy atom. The van der Waals surface area contributed by atoms with Gasteiger partial charge in [-0.2, -0.15) is 0 Å². The second-order valence-corrected chi connectivity index (χ2v) is 6.84. The molecule has 0 radical (unpaired) electrons. The highest BCUT2D eigenvalue weighted by atomic mass is 79.9. The van der Waals surface area contributed by atoms with E-state index in [9.17, 15) is 0 Å². The first kappa shape index (κ1) is 13.8. The summed E-state index contributed by atoms with van der Waals surface area (Å²) in [5, 5.41) is 3.40. The van der Waals surface area contributed by atoms with E-state index in [1.165, 1.54) is 12.8 Å². The molecule has 0 saturated heterocycles. The minimum absolute atomic E-state index is 0.0358. The molecule has 1 aromatic rings. The van der Waals surface area contributed by atoms with Gasteiger partial charge >= 0.3 is 0 Å². The van der Waals surface area contributed by atoms with Crippen LogP contribution in [-0.2, 0) is 5.41 Å². The summed E-state index contributed by atoms with van der Waals surface area (Å²) >= 11 is 3.66. The van der Waals surface area contributed by atoms with E-state index in [1.54, 1.807) is 0 Å². The summed E-state index contributed by atoms with van der Waals surface area (Å²) in [4.78, 5) is 9.45. The molecule has 1 aliphatic rings. The molecule has 2 rings (SSSR count). The molecule has 1 aromatic heterocycles. The van der Waals surface area contributed by atoms with Crippen molar-refractivity contribution in [1.82, 2.24) is 9.97 Å². The van der Waals surface area contributed by atoms with Crippen LogP contribution >= 0.6 is 15.9 Å². The van der Waals surface area contributed by atoms with Crippen LogP contribution in [0.2, 0.25) is 0 Å². The van der Waals surface area contributed by atoms with Crippen LogP contribution in [-0.4, -0.2) is 16.5 Å². The molecule has 0 atom stereocenters. The monoisotopic (exact) mass is 311 g/mol. The molecule has 1 fully saturated rings. The summed E-state index contributed by atoms with van der Waals surface area (Å²) in [5.74, 6) is 2.56. The van der Waals surface area contributed by atoms with Crippen molar-refractivity contribution in [1.29, 1.82) is 0 Å². The zero-order chi connectivity index (χ0) is 13.3. The summed E-state index contributed by atoms with van der Waals surface area (Å²) in [7, 11) is 0. The highest BCUT2D eigenvalue weighted by Crippen LogP contribution is 2.41. The van der Waals surface area contributed by atoms with Crippen molar-refractivity contribution >= 4 is 21.7 Å². The maximum Gasteiger partial charge on any atom is 0.144 e. The van der Waals surface area contributed by atoms with Crippen molar-refractivity contribution in [3.8, 4) is 0 Å². The van der Waals surface area contributed by atoms with E-state index in [2.05, 4.69) is 53.9 Å². The van der Waals surface area contributed by atoms with Crippen LogP contribution < -0.4 is 5.32 Å². The largest absolute Gasteiger partial charge is 0.369 e. The first-order chi connectivity index (χ1) is 8.43. The van der Waals surface area contributed by atoms with Gasteiger partial charge in [-0.1, -0.05) is 27.7 Å². The second-order valence-electron chi connectivity index (χ2n) is 6.04. The predicted molar refractivity (Wildman–Crippen MR) is 79.2 cm³/mol. The Morgan fingerprint density at radius 1 is 1.28 bits per heavy atom. The summed E-state index contributed by atoms with van der Waals surface area (Å²) in [6.07, 6.45) is 3.57. The van der Waals surface area contributed by atoms with Crippen LogP contribution in [0.25, 0.3) is 0 Å². The summed E-state index contributed by atoms with van der Waals surface area (Å²) in [5.41, 5.74) is 1.15. The summed E-state index contributed by atoms with van der Waals surface area (Å²) in [6.45, 7) is 9.69. The van der Waals surface area contributed by atoms with Crippen molar-refractivity contribution < 1.29 is 0 Å². The van der Waals surface area contributed by atoms with Gasteiger partial charge in [0.15, 0.2) is 0 Å². The van der Waals surface area contributed by atoms with Gasteiger partial charge in [0.2, 0.25) is 0 Å². The molecule has 1 saturated carbocycles. The molecule has 1 heterocycles. The lowest BCUT2D eigenvalue weighted by molar-refractivity contribution is 0.558. The van der Waals surface area contributed by atoms with Crippen LogP contribution in [0, 0.1) is 0 Å². The van der Waals surface area contributed by atoms with Crippen LogP contribution in [0.15, 0.2) is 4.47 Å². The smallest absolute Gasteiger partial charge is 0.144 e. The molecule has 1 N–H and O–H groups in total. The molecule has 0 spiro atoms. The molecule has 18 heavy (non-hydrogen) atoms. The van der Waals surface area contributed by atoms with E-state index in [1.807, 2.05) is 0 Å². The third kappa shape index (κ3) is 3.02. The Balaban J connectivity index is 2.41. The van der Waals surface area contributed by atoms with Crippen molar-refractivity contribution in [2.24, 2.45) is 0 Å². The molecule has 0 aliphatic heterocycles. The van der Waals surface area contributed by atoms with E-state index in [0.29, 0.717) is 5.92 Å². The highest BCUT2D eigenvalue weighted by Gasteiger charge is 2.30. The third-order valence-corrected chi connectivity index (χ3v) is 3.82. The molecule has 0 unspecified atom stereocenters. The molecule has 100 valence electrons. The third-order valence-electron chi connectivity index (χ3n) is 3.06. The van der Waals surface area contributed by atoms with E-state index in [0.717, 1.165) is 34.8 Å². The summed E-state index contributed by atoms with van der Waals surface area (Å²) < 4.78 is 1.02. The quantitative estimate of drug-likeness (QED) is 0.904. The fourth-order valence-electron chi connectivity index (χ4n) is 1.85. The van der Waals surface area contributed by atoms with Crippen LogP contribution in [0.5, 0.6) is 0 Å². The van der Waals surface area contributed by atoms with Crippen molar-refractivity contribution in [2.45, 2.75) is 58.3 Å². The fraction of sp³-hybridized carbons (Fsp3) is 0.714. The lowest BCUT2D eigenvalue weighted by Crippen LogP contribution is -2.18. The zero-order valence-corrected chi connectivity index (χ0v) is 13.3.